The summed E-state index contributed by atoms with van der Waals surface area (Å²) in [7, 11) is 0. The zero-order chi connectivity index (χ0) is 39.6. The van der Waals surface area contributed by atoms with E-state index in [9.17, 15) is 0 Å². The lowest BCUT2D eigenvalue weighted by Gasteiger charge is -2.66. The predicted molar refractivity (Wildman–Crippen MR) is 241 cm³/mol. The average molecular weight is 731 g/mol. The van der Waals surface area contributed by atoms with Crippen LogP contribution < -0.4 is 0 Å². The number of rotatable bonds is 35. The quantitative estimate of drug-likeness (QED) is 0.0570. The van der Waals surface area contributed by atoms with E-state index in [1.807, 2.05) is 0 Å². The van der Waals surface area contributed by atoms with Crippen molar-refractivity contribution in [1.29, 1.82) is 0 Å². The second-order valence-corrected chi connectivity index (χ2v) is 20.4. The maximum Gasteiger partial charge on any atom is -0.0181 e. The standard InChI is InChI=1S/C52H106/c1-16-25-28-35-45(31-19-4)39-48(34-22-7)52(44(12)24-9,42-47(33-21-6)37-30-27-18-3)51(38-23-8,41-43(10)11)49(50(13,14)15)40-46(32-20-5)36-29-26-17-2/h43-49H,16-42H2,1-15H3. The van der Waals surface area contributed by atoms with Gasteiger partial charge in [-0.25, -0.2) is 0 Å². The van der Waals surface area contributed by atoms with Gasteiger partial charge in [0.2, 0.25) is 0 Å². The van der Waals surface area contributed by atoms with Gasteiger partial charge in [0.25, 0.3) is 0 Å². The summed E-state index contributed by atoms with van der Waals surface area (Å²) in [6.07, 6.45) is 38.2. The highest BCUT2D eigenvalue weighted by molar-refractivity contribution is 5.10. The van der Waals surface area contributed by atoms with E-state index in [2.05, 4.69) is 104 Å². The third kappa shape index (κ3) is 17.0. The molecule has 0 aromatic rings. The summed E-state index contributed by atoms with van der Waals surface area (Å²) >= 11 is 0. The Morgan fingerprint density at radius 3 is 1.25 bits per heavy atom. The van der Waals surface area contributed by atoms with Gasteiger partial charge in [-0.05, 0) is 89.8 Å². The minimum Gasteiger partial charge on any atom is -0.0654 e. The van der Waals surface area contributed by atoms with Gasteiger partial charge in [-0.2, -0.15) is 0 Å². The molecule has 0 heterocycles. The van der Waals surface area contributed by atoms with E-state index in [4.69, 9.17) is 0 Å². The molecule has 0 saturated carbocycles. The summed E-state index contributed by atoms with van der Waals surface area (Å²) in [6.45, 7) is 38.6. The van der Waals surface area contributed by atoms with Crippen LogP contribution in [0.4, 0.5) is 0 Å². The summed E-state index contributed by atoms with van der Waals surface area (Å²) in [5, 5.41) is 0. The van der Waals surface area contributed by atoms with E-state index < -0.39 is 0 Å². The molecule has 314 valence electrons. The summed E-state index contributed by atoms with van der Waals surface area (Å²) in [4.78, 5) is 0. The molecule has 0 aliphatic carbocycles. The Hall–Kier alpha value is 0. The Balaban J connectivity index is 8.37. The van der Waals surface area contributed by atoms with Crippen LogP contribution >= 0.6 is 0 Å². The molecule has 0 aromatic carbocycles. The average Bonchev–Trinajstić information content (AvgIpc) is 3.08. The molecule has 0 radical (unpaired) electrons. The van der Waals surface area contributed by atoms with Gasteiger partial charge in [0.15, 0.2) is 0 Å². The number of hydrogen-bond donors (Lipinski definition) is 0. The molecule has 0 aliphatic heterocycles. The van der Waals surface area contributed by atoms with Crippen molar-refractivity contribution in [3.63, 3.8) is 0 Å². The fourth-order valence-corrected chi connectivity index (χ4v) is 12.5. The number of unbranched alkanes of at least 4 members (excludes halogenated alkanes) is 6. The van der Waals surface area contributed by atoms with Crippen LogP contribution in [0.2, 0.25) is 0 Å². The molecule has 0 heteroatoms. The molecular weight excluding hydrogens is 625 g/mol. The van der Waals surface area contributed by atoms with Crippen molar-refractivity contribution >= 4 is 0 Å². The Labute approximate surface area is 333 Å². The third-order valence-electron chi connectivity index (χ3n) is 14.5. The zero-order valence-corrected chi connectivity index (χ0v) is 39.6. The van der Waals surface area contributed by atoms with Gasteiger partial charge in [-0.15, -0.1) is 0 Å². The molecular formula is C52H106. The van der Waals surface area contributed by atoms with Crippen molar-refractivity contribution in [2.75, 3.05) is 0 Å². The van der Waals surface area contributed by atoms with Gasteiger partial charge >= 0.3 is 0 Å². The highest BCUT2D eigenvalue weighted by Gasteiger charge is 2.61. The van der Waals surface area contributed by atoms with Crippen LogP contribution in [0.15, 0.2) is 0 Å². The lowest BCUT2D eigenvalue weighted by Crippen LogP contribution is -2.59. The van der Waals surface area contributed by atoms with Gasteiger partial charge in [-0.1, -0.05) is 245 Å². The highest BCUT2D eigenvalue weighted by atomic mass is 14.7. The van der Waals surface area contributed by atoms with Gasteiger partial charge in [-0.3, -0.25) is 0 Å². The van der Waals surface area contributed by atoms with Gasteiger partial charge < -0.3 is 0 Å². The van der Waals surface area contributed by atoms with Crippen LogP contribution in [-0.4, -0.2) is 0 Å². The van der Waals surface area contributed by atoms with Crippen molar-refractivity contribution < 1.29 is 0 Å². The highest BCUT2D eigenvalue weighted by Crippen LogP contribution is 2.69. The van der Waals surface area contributed by atoms with E-state index in [1.165, 1.54) is 173 Å². The third-order valence-corrected chi connectivity index (χ3v) is 14.5. The van der Waals surface area contributed by atoms with Crippen molar-refractivity contribution in [3.8, 4) is 0 Å². The Bertz CT molecular complexity index is 786. The maximum absolute atomic E-state index is 2.82. The normalized spacial score (nSPS) is 18.5. The minimum atomic E-state index is 0.294. The van der Waals surface area contributed by atoms with Crippen molar-refractivity contribution in [1.82, 2.24) is 0 Å². The molecule has 0 saturated heterocycles. The molecule has 0 fully saturated rings. The van der Waals surface area contributed by atoms with E-state index in [-0.39, 0.29) is 0 Å². The Morgan fingerprint density at radius 2 is 0.865 bits per heavy atom. The molecule has 0 nitrogen and oxygen atoms in total. The zero-order valence-electron chi connectivity index (χ0n) is 39.6. The molecule has 0 bridgehead atoms. The molecule has 0 N–H and O–H groups in total. The van der Waals surface area contributed by atoms with E-state index in [1.54, 1.807) is 0 Å². The summed E-state index contributed by atoms with van der Waals surface area (Å²) < 4.78 is 0. The molecule has 8 unspecified atom stereocenters. The molecule has 0 rings (SSSR count). The molecule has 0 spiro atoms. The molecule has 0 aromatic heterocycles. The molecule has 0 aliphatic rings. The first-order valence-corrected chi connectivity index (χ1v) is 24.8. The van der Waals surface area contributed by atoms with E-state index >= 15 is 0 Å². The smallest absolute Gasteiger partial charge is 0.0181 e. The van der Waals surface area contributed by atoms with Crippen LogP contribution in [0, 0.1) is 57.7 Å². The molecule has 8 atom stereocenters. The second kappa shape index (κ2) is 29.3. The fourth-order valence-electron chi connectivity index (χ4n) is 12.5. The Kier molecular flexibility index (Phi) is 29.3. The molecule has 0 amide bonds. The second-order valence-electron chi connectivity index (χ2n) is 20.4. The largest absolute Gasteiger partial charge is 0.0654 e. The van der Waals surface area contributed by atoms with Crippen LogP contribution in [0.25, 0.3) is 0 Å². The number of hydrogen-bond acceptors (Lipinski definition) is 0. The van der Waals surface area contributed by atoms with Crippen LogP contribution in [0.5, 0.6) is 0 Å². The lowest BCUT2D eigenvalue weighted by atomic mass is 9.38. The first-order chi connectivity index (χ1) is 24.8. The topological polar surface area (TPSA) is 0 Å². The predicted octanol–water partition coefficient (Wildman–Crippen LogP) is 19.1. The van der Waals surface area contributed by atoms with Gasteiger partial charge in [0.05, 0.1) is 0 Å². The first-order valence-electron chi connectivity index (χ1n) is 24.8. The van der Waals surface area contributed by atoms with Crippen LogP contribution in [0.1, 0.15) is 277 Å². The Morgan fingerprint density at radius 1 is 0.423 bits per heavy atom. The maximum atomic E-state index is 2.82. The summed E-state index contributed by atoms with van der Waals surface area (Å²) in [6, 6.07) is 0. The van der Waals surface area contributed by atoms with Gasteiger partial charge in [0.1, 0.15) is 0 Å². The minimum absolute atomic E-state index is 0.294. The lowest BCUT2D eigenvalue weighted by molar-refractivity contribution is -0.175. The monoisotopic (exact) mass is 731 g/mol. The van der Waals surface area contributed by atoms with E-state index in [0.717, 1.165) is 41.4 Å². The molecule has 52 heavy (non-hydrogen) atoms. The van der Waals surface area contributed by atoms with Crippen LogP contribution in [-0.2, 0) is 0 Å². The van der Waals surface area contributed by atoms with Crippen molar-refractivity contribution in [2.24, 2.45) is 57.7 Å². The summed E-state index contributed by atoms with van der Waals surface area (Å²) in [5.74, 6) is 5.72. The van der Waals surface area contributed by atoms with Crippen LogP contribution in [0.3, 0.4) is 0 Å². The SMILES string of the molecule is CCCCCC(CCC)CC(C(C)(C)C)C(CCC)(CC(C)C)C(CC(CCC)CCCCC)(C(C)CC)C(CCC)CC(CCC)CCCCC. The first kappa shape index (κ1) is 52.0. The van der Waals surface area contributed by atoms with E-state index in [0.29, 0.717) is 16.2 Å². The fraction of sp³-hybridized carbons (Fsp3) is 1.00. The summed E-state index contributed by atoms with van der Waals surface area (Å²) in [5.41, 5.74) is 1.03. The van der Waals surface area contributed by atoms with Gasteiger partial charge in [0, 0.05) is 0 Å². The van der Waals surface area contributed by atoms with Crippen molar-refractivity contribution in [2.45, 2.75) is 277 Å². The van der Waals surface area contributed by atoms with Crippen molar-refractivity contribution in [3.05, 3.63) is 0 Å².